The minimum atomic E-state index is -0.940. The number of aryl methyl sites for hydroxylation is 2. The number of aromatic hydroxyl groups is 1. The Hall–Kier alpha value is -2.95. The van der Waals surface area contributed by atoms with Gasteiger partial charge in [0, 0.05) is 5.57 Å². The molecule has 0 bridgehead atoms. The fourth-order valence-electron chi connectivity index (χ4n) is 2.17. The van der Waals surface area contributed by atoms with Crippen molar-refractivity contribution >= 4 is 17.3 Å². The zero-order valence-electron chi connectivity index (χ0n) is 13.6. The van der Waals surface area contributed by atoms with Gasteiger partial charge in [-0.1, -0.05) is 24.8 Å². The molecule has 124 valence electrons. The van der Waals surface area contributed by atoms with Gasteiger partial charge >= 0.3 is 5.97 Å². The molecule has 2 rings (SSSR count). The molecule has 5 heteroatoms. The molecule has 0 heterocycles. The first-order valence-electron chi connectivity index (χ1n) is 7.67. The summed E-state index contributed by atoms with van der Waals surface area (Å²) in [5.41, 5.74) is 3.46. The Morgan fingerprint density at radius 2 is 1.83 bits per heavy atom. The van der Waals surface area contributed by atoms with Gasteiger partial charge in [-0.2, -0.15) is 5.11 Å². The van der Waals surface area contributed by atoms with Crippen LogP contribution in [0.15, 0.2) is 64.8 Å². The monoisotopic (exact) mass is 324 g/mol. The third-order valence-electron chi connectivity index (χ3n) is 3.59. The number of benzene rings is 2. The van der Waals surface area contributed by atoms with E-state index in [0.29, 0.717) is 17.8 Å². The summed E-state index contributed by atoms with van der Waals surface area (Å²) in [6.07, 6.45) is 2.00. The van der Waals surface area contributed by atoms with Crippen LogP contribution in [0.25, 0.3) is 0 Å². The molecule has 0 aliphatic carbocycles. The first kappa shape index (κ1) is 17.4. The van der Waals surface area contributed by atoms with Crippen LogP contribution in [-0.4, -0.2) is 16.2 Å². The van der Waals surface area contributed by atoms with Gasteiger partial charge in [-0.3, -0.25) is 0 Å². The van der Waals surface area contributed by atoms with Gasteiger partial charge in [-0.15, -0.1) is 5.11 Å². The number of nitrogens with zero attached hydrogens (tertiary/aromatic N) is 2. The van der Waals surface area contributed by atoms with E-state index in [9.17, 15) is 9.90 Å². The number of aliphatic carboxylic acids is 1. The topological polar surface area (TPSA) is 82.2 Å². The summed E-state index contributed by atoms with van der Waals surface area (Å²) in [6, 6.07) is 12.7. The van der Waals surface area contributed by atoms with Gasteiger partial charge < -0.3 is 10.2 Å². The van der Waals surface area contributed by atoms with Gasteiger partial charge in [0.25, 0.3) is 0 Å². The van der Waals surface area contributed by atoms with E-state index in [4.69, 9.17) is 5.11 Å². The van der Waals surface area contributed by atoms with E-state index >= 15 is 0 Å². The summed E-state index contributed by atoms with van der Waals surface area (Å²) in [6.45, 7) is 5.44. The zero-order valence-corrected chi connectivity index (χ0v) is 13.6. The van der Waals surface area contributed by atoms with Crippen molar-refractivity contribution in [1.82, 2.24) is 0 Å². The highest BCUT2D eigenvalue weighted by Crippen LogP contribution is 2.28. The Morgan fingerprint density at radius 1 is 1.12 bits per heavy atom. The maximum Gasteiger partial charge on any atom is 0.330 e. The third kappa shape index (κ3) is 5.05. The molecule has 0 aliphatic heterocycles. The lowest BCUT2D eigenvalue weighted by Crippen LogP contribution is -1.99. The average molecular weight is 324 g/mol. The summed E-state index contributed by atoms with van der Waals surface area (Å²) >= 11 is 0. The van der Waals surface area contributed by atoms with Crippen LogP contribution in [0.2, 0.25) is 0 Å². The van der Waals surface area contributed by atoms with Crippen LogP contribution in [0.5, 0.6) is 5.75 Å². The van der Waals surface area contributed by atoms with Crippen LogP contribution < -0.4 is 0 Å². The lowest BCUT2D eigenvalue weighted by atomic mass is 10.0. The number of hydrogen-bond acceptors (Lipinski definition) is 4. The SMILES string of the molecule is C=C(CCCc1ccc(/N=N/c2cc(C)ccc2O)cc1)C(=O)O. The molecule has 0 spiro atoms. The molecular weight excluding hydrogens is 304 g/mol. The number of hydrogen-bond donors (Lipinski definition) is 2. The number of carbonyl (C=O) groups is 1. The van der Waals surface area contributed by atoms with Crippen molar-refractivity contribution in [3.63, 3.8) is 0 Å². The molecule has 2 aromatic carbocycles. The molecule has 0 fully saturated rings. The molecule has 0 saturated carbocycles. The van der Waals surface area contributed by atoms with E-state index in [2.05, 4.69) is 16.8 Å². The van der Waals surface area contributed by atoms with Crippen molar-refractivity contribution < 1.29 is 15.0 Å². The maximum atomic E-state index is 10.7. The van der Waals surface area contributed by atoms with Crippen molar-refractivity contribution in [2.75, 3.05) is 0 Å². The van der Waals surface area contributed by atoms with E-state index in [1.807, 2.05) is 37.3 Å². The van der Waals surface area contributed by atoms with Crippen LogP contribution >= 0.6 is 0 Å². The van der Waals surface area contributed by atoms with Crippen LogP contribution in [-0.2, 0) is 11.2 Å². The van der Waals surface area contributed by atoms with Crippen molar-refractivity contribution in [2.24, 2.45) is 10.2 Å². The minimum Gasteiger partial charge on any atom is -0.506 e. The van der Waals surface area contributed by atoms with Crippen LogP contribution in [0.3, 0.4) is 0 Å². The van der Waals surface area contributed by atoms with E-state index < -0.39 is 5.97 Å². The summed E-state index contributed by atoms with van der Waals surface area (Å²) in [5.74, 6) is -0.843. The van der Waals surface area contributed by atoms with Crippen molar-refractivity contribution in [2.45, 2.75) is 26.2 Å². The van der Waals surface area contributed by atoms with Crippen molar-refractivity contribution in [3.05, 3.63) is 65.7 Å². The Kier molecular flexibility index (Phi) is 5.84. The summed E-state index contributed by atoms with van der Waals surface area (Å²) in [4.78, 5) is 10.7. The standard InChI is InChI=1S/C19H20N2O3/c1-13-6-11-18(22)17(12-13)21-20-16-9-7-15(8-10-16)5-3-4-14(2)19(23)24/h6-12,22H,2-5H2,1H3,(H,23,24)/b21-20+. The minimum absolute atomic E-state index is 0.0969. The molecular formula is C19H20N2O3. The average Bonchev–Trinajstić information content (AvgIpc) is 2.56. The highest BCUT2D eigenvalue weighted by Gasteiger charge is 2.04. The van der Waals surface area contributed by atoms with E-state index in [1.54, 1.807) is 12.1 Å². The summed E-state index contributed by atoms with van der Waals surface area (Å²) in [7, 11) is 0. The zero-order chi connectivity index (χ0) is 17.5. The quantitative estimate of drug-likeness (QED) is 0.550. The Bertz CT molecular complexity index is 765. The van der Waals surface area contributed by atoms with Crippen molar-refractivity contribution in [1.29, 1.82) is 0 Å². The van der Waals surface area contributed by atoms with E-state index in [-0.39, 0.29) is 11.3 Å². The molecule has 0 aromatic heterocycles. The molecule has 2 N–H and O–H groups in total. The maximum absolute atomic E-state index is 10.7. The van der Waals surface area contributed by atoms with Gasteiger partial charge in [0.15, 0.2) is 0 Å². The number of carboxylic acid groups (broad SMARTS) is 1. The van der Waals surface area contributed by atoms with Gasteiger partial charge in [-0.05, 0) is 61.6 Å². The molecule has 0 amide bonds. The molecule has 2 aromatic rings. The molecule has 0 saturated heterocycles. The van der Waals surface area contributed by atoms with E-state index in [0.717, 1.165) is 24.0 Å². The molecule has 0 aliphatic rings. The fraction of sp³-hybridized carbons (Fsp3) is 0.211. The second-order valence-corrected chi connectivity index (χ2v) is 5.62. The lowest BCUT2D eigenvalue weighted by molar-refractivity contribution is -0.132. The Labute approximate surface area is 141 Å². The number of phenols is 1. The van der Waals surface area contributed by atoms with Gasteiger partial charge in [0.2, 0.25) is 0 Å². The number of azo groups is 1. The van der Waals surface area contributed by atoms with Gasteiger partial charge in [0.05, 0.1) is 5.69 Å². The normalized spacial score (nSPS) is 10.9. The number of carboxylic acids is 1. The van der Waals surface area contributed by atoms with Crippen molar-refractivity contribution in [3.8, 4) is 5.75 Å². The van der Waals surface area contributed by atoms with E-state index in [1.165, 1.54) is 0 Å². The molecule has 24 heavy (non-hydrogen) atoms. The Morgan fingerprint density at radius 3 is 2.50 bits per heavy atom. The summed E-state index contributed by atoms with van der Waals surface area (Å²) < 4.78 is 0. The van der Waals surface area contributed by atoms with Gasteiger partial charge in [-0.25, -0.2) is 4.79 Å². The van der Waals surface area contributed by atoms with Crippen LogP contribution in [0.4, 0.5) is 11.4 Å². The number of rotatable bonds is 7. The molecule has 5 nitrogen and oxygen atoms in total. The molecule has 0 atom stereocenters. The Balaban J connectivity index is 1.94. The fourth-order valence-corrected chi connectivity index (χ4v) is 2.17. The largest absolute Gasteiger partial charge is 0.506 e. The molecule has 0 unspecified atom stereocenters. The third-order valence-corrected chi connectivity index (χ3v) is 3.59. The highest BCUT2D eigenvalue weighted by atomic mass is 16.4. The van der Waals surface area contributed by atoms with Crippen LogP contribution in [0.1, 0.15) is 24.0 Å². The highest BCUT2D eigenvalue weighted by molar-refractivity contribution is 5.85. The first-order chi connectivity index (χ1) is 11.5. The van der Waals surface area contributed by atoms with Crippen LogP contribution in [0, 0.1) is 6.92 Å². The first-order valence-corrected chi connectivity index (χ1v) is 7.67. The predicted octanol–water partition coefficient (Wildman–Crippen LogP) is 5.08. The molecule has 0 radical (unpaired) electrons. The number of phenolic OH excluding ortho intramolecular Hbond substituents is 1. The lowest BCUT2D eigenvalue weighted by Gasteiger charge is -2.02. The predicted molar refractivity (Wildman–Crippen MR) is 93.2 cm³/mol. The van der Waals surface area contributed by atoms with Gasteiger partial charge in [0.1, 0.15) is 11.4 Å². The second-order valence-electron chi connectivity index (χ2n) is 5.62. The second kappa shape index (κ2) is 8.06. The summed E-state index contributed by atoms with van der Waals surface area (Å²) in [5, 5.41) is 26.7. The smallest absolute Gasteiger partial charge is 0.330 e.